The van der Waals surface area contributed by atoms with Crippen molar-refractivity contribution in [2.75, 3.05) is 6.54 Å². The zero-order chi connectivity index (χ0) is 12.1. The quantitative estimate of drug-likeness (QED) is 0.852. The van der Waals surface area contributed by atoms with E-state index in [1.165, 1.54) is 6.33 Å². The minimum absolute atomic E-state index is 0.149. The van der Waals surface area contributed by atoms with Gasteiger partial charge in [0.25, 0.3) is 0 Å². The van der Waals surface area contributed by atoms with Crippen LogP contribution in [0.1, 0.15) is 31.4 Å². The predicted molar refractivity (Wildman–Crippen MR) is 62.3 cm³/mol. The van der Waals surface area contributed by atoms with Crippen LogP contribution in [0.25, 0.3) is 0 Å². The molecule has 0 radical (unpaired) electrons. The Kier molecular flexibility index (Phi) is 4.03. The number of hydrogen-bond donors (Lipinski definition) is 1. The largest absolute Gasteiger partial charge is 0.481 e. The Morgan fingerprint density at radius 3 is 3.12 bits per heavy atom. The third-order valence-electron chi connectivity index (χ3n) is 3.17. The van der Waals surface area contributed by atoms with Crippen LogP contribution < -0.4 is 0 Å². The fourth-order valence-electron chi connectivity index (χ4n) is 2.32. The van der Waals surface area contributed by atoms with Crippen LogP contribution >= 0.6 is 0 Å². The number of piperidine rings is 1. The molecule has 2 heterocycles. The molecule has 1 aromatic rings. The minimum Gasteiger partial charge on any atom is -0.481 e. The molecule has 17 heavy (non-hydrogen) atoms. The van der Waals surface area contributed by atoms with Gasteiger partial charge in [-0.15, -0.1) is 0 Å². The molecular formula is C12H17N3O2. The lowest BCUT2D eigenvalue weighted by Gasteiger charge is -2.34. The minimum atomic E-state index is -0.718. The molecule has 1 N–H and O–H groups in total. The van der Waals surface area contributed by atoms with Gasteiger partial charge in [0.2, 0.25) is 0 Å². The third kappa shape index (κ3) is 3.49. The summed E-state index contributed by atoms with van der Waals surface area (Å²) in [7, 11) is 0. The second kappa shape index (κ2) is 5.72. The Morgan fingerprint density at radius 2 is 2.41 bits per heavy atom. The van der Waals surface area contributed by atoms with Crippen LogP contribution in [0.3, 0.4) is 0 Å². The number of aliphatic carboxylic acids is 1. The Balaban J connectivity index is 1.99. The summed E-state index contributed by atoms with van der Waals surface area (Å²) in [4.78, 5) is 21.1. The van der Waals surface area contributed by atoms with E-state index < -0.39 is 5.97 Å². The van der Waals surface area contributed by atoms with Gasteiger partial charge in [-0.3, -0.25) is 9.69 Å². The van der Waals surface area contributed by atoms with Gasteiger partial charge < -0.3 is 5.11 Å². The first-order chi connectivity index (χ1) is 8.25. The van der Waals surface area contributed by atoms with Crippen LogP contribution in [0.5, 0.6) is 0 Å². The highest BCUT2D eigenvalue weighted by Gasteiger charge is 2.24. The summed E-state index contributed by atoms with van der Waals surface area (Å²) < 4.78 is 0. The van der Waals surface area contributed by atoms with Crippen LogP contribution in [0.2, 0.25) is 0 Å². The van der Waals surface area contributed by atoms with E-state index in [-0.39, 0.29) is 12.5 Å². The van der Waals surface area contributed by atoms with Crippen molar-refractivity contribution in [2.24, 2.45) is 0 Å². The van der Waals surface area contributed by atoms with E-state index in [0.717, 1.165) is 38.0 Å². The zero-order valence-electron chi connectivity index (χ0n) is 9.75. The van der Waals surface area contributed by atoms with E-state index >= 15 is 0 Å². The summed E-state index contributed by atoms with van der Waals surface area (Å²) in [6.45, 7) is 1.68. The van der Waals surface area contributed by atoms with Crippen molar-refractivity contribution in [2.45, 2.75) is 38.3 Å². The average Bonchev–Trinajstić information content (AvgIpc) is 2.32. The van der Waals surface area contributed by atoms with Crippen LogP contribution in [0, 0.1) is 0 Å². The summed E-state index contributed by atoms with van der Waals surface area (Å²) in [6.07, 6.45) is 6.71. The number of hydrogen-bond acceptors (Lipinski definition) is 4. The lowest BCUT2D eigenvalue weighted by atomic mass is 9.99. The normalized spacial score (nSPS) is 21.3. The van der Waals surface area contributed by atoms with Gasteiger partial charge in [0.15, 0.2) is 0 Å². The number of carboxylic acid groups (broad SMARTS) is 1. The molecule has 1 aliphatic heterocycles. The maximum Gasteiger partial charge on any atom is 0.304 e. The summed E-state index contributed by atoms with van der Waals surface area (Å²) >= 11 is 0. The van der Waals surface area contributed by atoms with Gasteiger partial charge in [-0.1, -0.05) is 6.42 Å². The molecule has 0 bridgehead atoms. The highest BCUT2D eigenvalue weighted by Crippen LogP contribution is 2.21. The van der Waals surface area contributed by atoms with Gasteiger partial charge >= 0.3 is 5.97 Å². The van der Waals surface area contributed by atoms with Crippen molar-refractivity contribution in [3.05, 3.63) is 24.3 Å². The number of nitrogens with zero attached hydrogens (tertiary/aromatic N) is 3. The van der Waals surface area contributed by atoms with E-state index in [0.29, 0.717) is 0 Å². The number of carboxylic acids is 1. The third-order valence-corrected chi connectivity index (χ3v) is 3.17. The molecule has 1 aliphatic rings. The molecular weight excluding hydrogens is 218 g/mol. The Hall–Kier alpha value is -1.49. The fourth-order valence-corrected chi connectivity index (χ4v) is 2.32. The molecule has 1 atom stereocenters. The number of carbonyl (C=O) groups is 1. The molecule has 2 rings (SSSR count). The maximum absolute atomic E-state index is 10.8. The molecule has 92 valence electrons. The first-order valence-corrected chi connectivity index (χ1v) is 5.96. The van der Waals surface area contributed by atoms with Crippen LogP contribution in [-0.4, -0.2) is 38.5 Å². The summed E-state index contributed by atoms with van der Waals surface area (Å²) in [5, 5.41) is 8.90. The molecule has 1 unspecified atom stereocenters. The highest BCUT2D eigenvalue weighted by molar-refractivity contribution is 5.67. The van der Waals surface area contributed by atoms with Crippen molar-refractivity contribution >= 4 is 5.97 Å². The first kappa shape index (κ1) is 12.0. The summed E-state index contributed by atoms with van der Waals surface area (Å²) in [5.41, 5.74) is 0.956. The van der Waals surface area contributed by atoms with Crippen molar-refractivity contribution < 1.29 is 9.90 Å². The Morgan fingerprint density at radius 1 is 1.53 bits per heavy atom. The van der Waals surface area contributed by atoms with Gasteiger partial charge in [0, 0.05) is 18.8 Å². The summed E-state index contributed by atoms with van der Waals surface area (Å²) in [5.74, 6) is -0.718. The monoisotopic (exact) mass is 235 g/mol. The molecule has 0 aliphatic carbocycles. The van der Waals surface area contributed by atoms with Crippen LogP contribution in [-0.2, 0) is 11.3 Å². The smallest absolute Gasteiger partial charge is 0.304 e. The van der Waals surface area contributed by atoms with Crippen LogP contribution in [0.15, 0.2) is 18.6 Å². The second-order valence-corrected chi connectivity index (χ2v) is 4.42. The van der Waals surface area contributed by atoms with E-state index in [2.05, 4.69) is 14.9 Å². The molecule has 1 fully saturated rings. The molecule has 1 saturated heterocycles. The van der Waals surface area contributed by atoms with Crippen molar-refractivity contribution in [3.8, 4) is 0 Å². The number of likely N-dealkylation sites (tertiary alicyclic amines) is 1. The van der Waals surface area contributed by atoms with E-state index in [1.807, 2.05) is 6.07 Å². The van der Waals surface area contributed by atoms with Gasteiger partial charge in [0.05, 0.1) is 12.1 Å². The highest BCUT2D eigenvalue weighted by atomic mass is 16.4. The van der Waals surface area contributed by atoms with Crippen molar-refractivity contribution in [1.82, 2.24) is 14.9 Å². The maximum atomic E-state index is 10.8. The zero-order valence-corrected chi connectivity index (χ0v) is 9.75. The molecule has 0 amide bonds. The molecule has 5 heteroatoms. The van der Waals surface area contributed by atoms with Gasteiger partial charge in [-0.25, -0.2) is 9.97 Å². The fraction of sp³-hybridized carbons (Fsp3) is 0.583. The summed E-state index contributed by atoms with van der Waals surface area (Å²) in [6, 6.07) is 2.03. The van der Waals surface area contributed by atoms with Crippen LogP contribution in [0.4, 0.5) is 0 Å². The molecule has 0 spiro atoms. The standard InChI is InChI=1S/C12H17N3O2/c16-12(17)7-11-3-1-2-6-15(11)8-10-4-5-13-9-14-10/h4-5,9,11H,1-3,6-8H2,(H,16,17). The van der Waals surface area contributed by atoms with Crippen molar-refractivity contribution in [1.29, 1.82) is 0 Å². The van der Waals surface area contributed by atoms with E-state index in [1.54, 1.807) is 6.20 Å². The first-order valence-electron chi connectivity index (χ1n) is 5.96. The molecule has 5 nitrogen and oxygen atoms in total. The Bertz CT molecular complexity index is 369. The molecule has 0 saturated carbocycles. The van der Waals surface area contributed by atoms with Gasteiger partial charge in [-0.2, -0.15) is 0 Å². The van der Waals surface area contributed by atoms with Crippen molar-refractivity contribution in [3.63, 3.8) is 0 Å². The Labute approximate surface area is 100 Å². The predicted octanol–water partition coefficient (Wildman–Crippen LogP) is 1.31. The molecule has 0 aromatic carbocycles. The van der Waals surface area contributed by atoms with E-state index in [4.69, 9.17) is 5.11 Å². The SMILES string of the molecule is O=C(O)CC1CCCCN1Cc1ccncn1. The second-order valence-electron chi connectivity index (χ2n) is 4.42. The number of aromatic nitrogens is 2. The van der Waals surface area contributed by atoms with Gasteiger partial charge in [-0.05, 0) is 25.5 Å². The van der Waals surface area contributed by atoms with Gasteiger partial charge in [0.1, 0.15) is 6.33 Å². The van der Waals surface area contributed by atoms with E-state index in [9.17, 15) is 4.79 Å². The lowest BCUT2D eigenvalue weighted by molar-refractivity contribution is -0.138. The topological polar surface area (TPSA) is 66.3 Å². The molecule has 1 aromatic heterocycles. The number of rotatable bonds is 4. The lowest BCUT2D eigenvalue weighted by Crippen LogP contribution is -2.40. The average molecular weight is 235 g/mol.